The van der Waals surface area contributed by atoms with E-state index in [4.69, 9.17) is 5.73 Å². The Labute approximate surface area is 179 Å². The molecule has 2 aromatic rings. The molecule has 2 aliphatic heterocycles. The summed E-state index contributed by atoms with van der Waals surface area (Å²) in [5.74, 6) is -1.40. The Morgan fingerprint density at radius 3 is 2.65 bits per heavy atom. The van der Waals surface area contributed by atoms with E-state index in [1.807, 2.05) is 0 Å². The van der Waals surface area contributed by atoms with E-state index >= 15 is 0 Å². The van der Waals surface area contributed by atoms with Gasteiger partial charge in [-0.2, -0.15) is 4.31 Å². The second-order valence-electron chi connectivity index (χ2n) is 7.86. The summed E-state index contributed by atoms with van der Waals surface area (Å²) in [6.07, 6.45) is 2.08. The molecular weight excluding hydrogens is 423 g/mol. The smallest absolute Gasteiger partial charge is 0.240 e. The summed E-state index contributed by atoms with van der Waals surface area (Å²) in [6, 6.07) is 8.39. The number of carbonyl (C=O) groups excluding carboxylic acids is 2. The van der Waals surface area contributed by atoms with Gasteiger partial charge in [0.15, 0.2) is 5.78 Å². The van der Waals surface area contributed by atoms with E-state index in [1.165, 1.54) is 27.5 Å². The number of halogens is 1. The van der Waals surface area contributed by atoms with Gasteiger partial charge in [-0.05, 0) is 42.7 Å². The predicted molar refractivity (Wildman–Crippen MR) is 111 cm³/mol. The highest BCUT2D eigenvalue weighted by molar-refractivity contribution is 7.88. The number of nitrogens with zero attached hydrogens (tertiary/aromatic N) is 3. The maximum atomic E-state index is 13.1. The third-order valence-corrected chi connectivity index (χ3v) is 7.54. The van der Waals surface area contributed by atoms with Crippen LogP contribution in [0.25, 0.3) is 0 Å². The number of carbonyl (C=O) groups is 2. The molecule has 0 spiro atoms. The van der Waals surface area contributed by atoms with Crippen molar-refractivity contribution in [1.29, 1.82) is 0 Å². The van der Waals surface area contributed by atoms with Gasteiger partial charge in [0.25, 0.3) is 0 Å². The van der Waals surface area contributed by atoms with Crippen molar-refractivity contribution in [2.75, 3.05) is 13.1 Å². The normalized spacial score (nSPS) is 22.5. The first-order valence-corrected chi connectivity index (χ1v) is 11.6. The Morgan fingerprint density at radius 2 is 1.97 bits per heavy atom. The molecule has 1 aromatic carbocycles. The van der Waals surface area contributed by atoms with Crippen LogP contribution in [-0.4, -0.2) is 65.5 Å². The van der Waals surface area contributed by atoms with E-state index in [-0.39, 0.29) is 36.9 Å². The summed E-state index contributed by atoms with van der Waals surface area (Å²) in [4.78, 5) is 31.1. The first kappa shape index (κ1) is 21.5. The Bertz CT molecular complexity index is 1080. The number of benzene rings is 1. The molecule has 2 aliphatic rings. The van der Waals surface area contributed by atoms with Gasteiger partial charge in [-0.15, -0.1) is 0 Å². The quantitative estimate of drug-likeness (QED) is 0.690. The van der Waals surface area contributed by atoms with Gasteiger partial charge >= 0.3 is 0 Å². The molecule has 164 valence electrons. The fraction of sp³-hybridized carbons (Fsp3) is 0.381. The van der Waals surface area contributed by atoms with E-state index in [1.54, 1.807) is 30.3 Å². The van der Waals surface area contributed by atoms with Crippen molar-refractivity contribution in [3.05, 3.63) is 65.7 Å². The lowest BCUT2D eigenvalue weighted by atomic mass is 10.0. The van der Waals surface area contributed by atoms with Crippen LogP contribution in [0.1, 0.15) is 17.7 Å². The molecule has 10 heteroatoms. The first-order valence-electron chi connectivity index (χ1n) is 9.99. The summed E-state index contributed by atoms with van der Waals surface area (Å²) in [6.45, 7) is -0.00584. The fourth-order valence-corrected chi connectivity index (χ4v) is 5.98. The van der Waals surface area contributed by atoms with Crippen LogP contribution in [0.4, 0.5) is 4.39 Å². The van der Waals surface area contributed by atoms with Crippen LogP contribution in [-0.2, 0) is 31.8 Å². The van der Waals surface area contributed by atoms with Crippen LogP contribution in [0.15, 0.2) is 48.7 Å². The Balaban J connectivity index is 1.47. The van der Waals surface area contributed by atoms with Gasteiger partial charge in [-0.3, -0.25) is 14.6 Å². The van der Waals surface area contributed by atoms with Crippen LogP contribution in [0.3, 0.4) is 0 Å². The fourth-order valence-electron chi connectivity index (χ4n) is 4.31. The molecule has 3 atom stereocenters. The minimum Gasteiger partial charge on any atom is -0.330 e. The number of hydrogen-bond donors (Lipinski definition) is 1. The number of rotatable bonds is 6. The molecule has 1 aromatic heterocycles. The van der Waals surface area contributed by atoms with Crippen LogP contribution in [0, 0.1) is 5.82 Å². The standard InChI is InChI=1S/C21H23FN4O4S/c22-15-6-4-14(5-7-15)11-17(23)21(28)25-10-8-18-20(25)19(27)12-26(18)31(29,30)13-16-3-1-2-9-24-16/h1-7,9,17-18,20H,8,10-13,23H2. The van der Waals surface area contributed by atoms with Crippen LogP contribution in [0.2, 0.25) is 0 Å². The summed E-state index contributed by atoms with van der Waals surface area (Å²) in [5.41, 5.74) is 7.18. The van der Waals surface area contributed by atoms with Gasteiger partial charge < -0.3 is 10.6 Å². The van der Waals surface area contributed by atoms with Crippen molar-refractivity contribution in [2.24, 2.45) is 5.73 Å². The summed E-state index contributed by atoms with van der Waals surface area (Å²) in [5, 5.41) is 0. The number of fused-ring (bicyclic) bond motifs is 1. The van der Waals surface area contributed by atoms with Crippen molar-refractivity contribution in [1.82, 2.24) is 14.2 Å². The lowest BCUT2D eigenvalue weighted by molar-refractivity contribution is -0.137. The third kappa shape index (κ3) is 4.36. The lowest BCUT2D eigenvalue weighted by Crippen LogP contribution is -2.50. The Morgan fingerprint density at radius 1 is 1.23 bits per heavy atom. The number of likely N-dealkylation sites (tertiary alicyclic amines) is 1. The van der Waals surface area contributed by atoms with Crippen molar-refractivity contribution in [3.63, 3.8) is 0 Å². The van der Waals surface area contributed by atoms with Crippen LogP contribution < -0.4 is 5.73 Å². The van der Waals surface area contributed by atoms with E-state index in [2.05, 4.69) is 4.98 Å². The van der Waals surface area contributed by atoms with E-state index in [0.29, 0.717) is 17.7 Å². The number of nitrogens with two attached hydrogens (primary N) is 1. The molecule has 0 aliphatic carbocycles. The average molecular weight is 447 g/mol. The second-order valence-corrected chi connectivity index (χ2v) is 9.78. The van der Waals surface area contributed by atoms with Crippen molar-refractivity contribution in [2.45, 2.75) is 36.7 Å². The van der Waals surface area contributed by atoms with Crippen molar-refractivity contribution < 1.29 is 22.4 Å². The van der Waals surface area contributed by atoms with Gasteiger partial charge in [0.05, 0.1) is 24.3 Å². The van der Waals surface area contributed by atoms with Crippen LogP contribution in [0.5, 0.6) is 0 Å². The Kier molecular flexibility index (Phi) is 5.87. The molecule has 2 fully saturated rings. The molecule has 3 unspecified atom stereocenters. The number of amides is 1. The second kappa shape index (κ2) is 8.45. The van der Waals surface area contributed by atoms with Gasteiger partial charge in [0.2, 0.25) is 15.9 Å². The molecule has 8 nitrogen and oxygen atoms in total. The minimum atomic E-state index is -3.78. The zero-order valence-electron chi connectivity index (χ0n) is 16.7. The monoisotopic (exact) mass is 446 g/mol. The molecular formula is C21H23FN4O4S. The number of ketones is 1. The molecule has 4 rings (SSSR count). The molecule has 2 N–H and O–H groups in total. The maximum Gasteiger partial charge on any atom is 0.240 e. The number of aromatic nitrogens is 1. The van der Waals surface area contributed by atoms with Gasteiger partial charge in [-0.25, -0.2) is 12.8 Å². The minimum absolute atomic E-state index is 0.197. The molecule has 2 saturated heterocycles. The summed E-state index contributed by atoms with van der Waals surface area (Å²) < 4.78 is 40.2. The molecule has 0 bridgehead atoms. The van der Waals surface area contributed by atoms with E-state index in [9.17, 15) is 22.4 Å². The van der Waals surface area contributed by atoms with Gasteiger partial charge in [0.1, 0.15) is 17.6 Å². The highest BCUT2D eigenvalue weighted by Gasteiger charge is 2.53. The highest BCUT2D eigenvalue weighted by atomic mass is 32.2. The Hall–Kier alpha value is -2.69. The third-order valence-electron chi connectivity index (χ3n) is 5.76. The van der Waals surface area contributed by atoms with Gasteiger partial charge in [-0.1, -0.05) is 18.2 Å². The zero-order valence-corrected chi connectivity index (χ0v) is 17.5. The van der Waals surface area contributed by atoms with Gasteiger partial charge in [0, 0.05) is 12.7 Å². The topological polar surface area (TPSA) is 114 Å². The molecule has 0 saturated carbocycles. The van der Waals surface area contributed by atoms with E-state index in [0.717, 1.165) is 0 Å². The SMILES string of the molecule is NC(Cc1ccc(F)cc1)C(=O)N1CCC2C1C(=O)CN2S(=O)(=O)Cc1ccccn1. The lowest BCUT2D eigenvalue weighted by Gasteiger charge is -2.26. The van der Waals surface area contributed by atoms with E-state index < -0.39 is 34.1 Å². The van der Waals surface area contributed by atoms with Crippen LogP contribution >= 0.6 is 0 Å². The van der Waals surface area contributed by atoms with Crippen molar-refractivity contribution in [3.8, 4) is 0 Å². The molecule has 3 heterocycles. The number of sulfonamides is 1. The summed E-state index contributed by atoms with van der Waals surface area (Å²) in [7, 11) is -3.78. The zero-order chi connectivity index (χ0) is 22.2. The highest BCUT2D eigenvalue weighted by Crippen LogP contribution is 2.33. The average Bonchev–Trinajstić information content (AvgIpc) is 3.31. The summed E-state index contributed by atoms with van der Waals surface area (Å²) >= 11 is 0. The maximum absolute atomic E-state index is 13.1. The number of hydrogen-bond acceptors (Lipinski definition) is 6. The molecule has 1 amide bonds. The molecule has 0 radical (unpaired) electrons. The van der Waals surface area contributed by atoms with Crippen molar-refractivity contribution >= 4 is 21.7 Å². The first-order chi connectivity index (χ1) is 14.8. The predicted octanol–water partition coefficient (Wildman–Crippen LogP) is 0.475. The molecule has 31 heavy (non-hydrogen) atoms. The number of Topliss-reactive ketones (excluding diaryl/α,β-unsaturated/α-hetero) is 1. The largest absolute Gasteiger partial charge is 0.330 e. The number of pyridine rings is 1.